The van der Waals surface area contributed by atoms with Crippen molar-refractivity contribution >= 4 is 6.08 Å². The van der Waals surface area contributed by atoms with Crippen LogP contribution in [0.5, 0.6) is 0 Å². The van der Waals surface area contributed by atoms with Crippen LogP contribution < -0.4 is 0 Å². The van der Waals surface area contributed by atoms with Crippen molar-refractivity contribution in [3.63, 3.8) is 0 Å². The van der Waals surface area contributed by atoms with Crippen LogP contribution in [0.4, 0.5) is 0 Å². The van der Waals surface area contributed by atoms with Crippen LogP contribution in [0.15, 0.2) is 30.3 Å². The second kappa shape index (κ2) is 3.58. The average molecular weight is 143 g/mol. The van der Waals surface area contributed by atoms with E-state index in [4.69, 9.17) is 5.26 Å². The SMILES string of the molecule is C#N.C1=Cc2ccccc2C1. The van der Waals surface area contributed by atoms with Gasteiger partial charge in [-0.2, -0.15) is 0 Å². The lowest BCUT2D eigenvalue weighted by Gasteiger charge is -1.93. The van der Waals surface area contributed by atoms with E-state index in [1.165, 1.54) is 11.1 Å². The second-order valence-electron chi connectivity index (χ2n) is 2.31. The molecule has 0 spiro atoms. The van der Waals surface area contributed by atoms with Crippen LogP contribution in [0.2, 0.25) is 0 Å². The summed E-state index contributed by atoms with van der Waals surface area (Å²) in [7, 11) is 0. The Hall–Kier alpha value is -1.55. The zero-order chi connectivity index (χ0) is 8.10. The Morgan fingerprint density at radius 3 is 2.64 bits per heavy atom. The van der Waals surface area contributed by atoms with Gasteiger partial charge in [0.2, 0.25) is 0 Å². The van der Waals surface area contributed by atoms with Crippen LogP contribution >= 0.6 is 0 Å². The zero-order valence-electron chi connectivity index (χ0n) is 6.20. The number of nitrogens with zero attached hydrogens (tertiary/aromatic N) is 1. The lowest BCUT2D eigenvalue weighted by Crippen LogP contribution is -1.76. The third-order valence-corrected chi connectivity index (χ3v) is 1.69. The standard InChI is InChI=1S/C9H8.CHN/c1-2-5-9-7-3-6-8(9)4-1;1-2/h1-6H,7H2;1H. The first-order valence-electron chi connectivity index (χ1n) is 3.47. The van der Waals surface area contributed by atoms with Crippen molar-refractivity contribution in [3.8, 4) is 6.57 Å². The summed E-state index contributed by atoms with van der Waals surface area (Å²) in [5.41, 5.74) is 2.84. The Morgan fingerprint density at radius 1 is 1.18 bits per heavy atom. The van der Waals surface area contributed by atoms with Crippen molar-refractivity contribution in [2.45, 2.75) is 6.42 Å². The minimum atomic E-state index is 1.12. The Kier molecular flexibility index (Phi) is 2.46. The summed E-state index contributed by atoms with van der Waals surface area (Å²) in [6, 6.07) is 8.49. The molecule has 0 saturated carbocycles. The van der Waals surface area contributed by atoms with Gasteiger partial charge in [-0.15, -0.1) is 0 Å². The van der Waals surface area contributed by atoms with Gasteiger partial charge in [-0.3, -0.25) is 0 Å². The van der Waals surface area contributed by atoms with E-state index >= 15 is 0 Å². The van der Waals surface area contributed by atoms with E-state index in [0.29, 0.717) is 0 Å². The molecule has 0 aromatic heterocycles. The molecule has 0 bridgehead atoms. The van der Waals surface area contributed by atoms with Gasteiger partial charge in [0, 0.05) is 6.57 Å². The number of hydrogen-bond acceptors (Lipinski definition) is 1. The maximum Gasteiger partial charge on any atom is 0.0462 e. The molecule has 0 heterocycles. The summed E-state index contributed by atoms with van der Waals surface area (Å²) in [6.07, 6.45) is 5.50. The number of benzene rings is 1. The predicted octanol–water partition coefficient (Wildman–Crippen LogP) is 2.40. The fraction of sp³-hybridized carbons (Fsp3) is 0.100. The third-order valence-electron chi connectivity index (χ3n) is 1.69. The Balaban J connectivity index is 0.000000281. The third kappa shape index (κ3) is 1.47. The first-order valence-corrected chi connectivity index (χ1v) is 3.47. The van der Waals surface area contributed by atoms with Crippen LogP contribution in [0.3, 0.4) is 0 Å². The highest BCUT2D eigenvalue weighted by Gasteiger charge is 2.00. The summed E-state index contributed by atoms with van der Waals surface area (Å²) >= 11 is 0. The van der Waals surface area contributed by atoms with Gasteiger partial charge in [0.15, 0.2) is 0 Å². The molecular formula is C10H9N. The highest BCUT2D eigenvalue weighted by molar-refractivity contribution is 5.59. The summed E-state index contributed by atoms with van der Waals surface area (Å²) < 4.78 is 0. The van der Waals surface area contributed by atoms with Crippen LogP contribution in [0.1, 0.15) is 11.1 Å². The van der Waals surface area contributed by atoms with E-state index < -0.39 is 0 Å². The molecule has 1 nitrogen and oxygen atoms in total. The van der Waals surface area contributed by atoms with Crippen molar-refractivity contribution in [2.24, 2.45) is 0 Å². The highest BCUT2D eigenvalue weighted by atomic mass is 14.2. The molecular weight excluding hydrogens is 134 g/mol. The van der Waals surface area contributed by atoms with Gasteiger partial charge in [0.1, 0.15) is 0 Å². The molecule has 0 N–H and O–H groups in total. The fourth-order valence-corrected chi connectivity index (χ4v) is 1.20. The first-order chi connectivity index (χ1) is 5.47. The van der Waals surface area contributed by atoms with E-state index in [1.54, 1.807) is 0 Å². The molecule has 1 aromatic rings. The average Bonchev–Trinajstić information content (AvgIpc) is 2.55. The maximum absolute atomic E-state index is 6.50. The number of rotatable bonds is 0. The van der Waals surface area contributed by atoms with Gasteiger partial charge >= 0.3 is 0 Å². The Labute approximate surface area is 66.6 Å². The normalized spacial score (nSPS) is 11.5. The molecule has 1 aliphatic carbocycles. The van der Waals surface area contributed by atoms with E-state index in [0.717, 1.165) is 6.42 Å². The van der Waals surface area contributed by atoms with Gasteiger partial charge in [-0.25, -0.2) is 5.26 Å². The Morgan fingerprint density at radius 2 is 1.91 bits per heavy atom. The van der Waals surface area contributed by atoms with Gasteiger partial charge < -0.3 is 0 Å². The lowest BCUT2D eigenvalue weighted by atomic mass is 10.1. The summed E-state index contributed by atoms with van der Waals surface area (Å²) in [5.74, 6) is 0. The first kappa shape index (κ1) is 7.56. The van der Waals surface area contributed by atoms with Crippen LogP contribution in [0.25, 0.3) is 6.08 Å². The molecule has 2 rings (SSSR count). The number of hydrogen-bond donors (Lipinski definition) is 0. The largest absolute Gasteiger partial charge is 0.202 e. The molecule has 54 valence electrons. The van der Waals surface area contributed by atoms with E-state index in [1.807, 2.05) is 0 Å². The topological polar surface area (TPSA) is 23.8 Å². The van der Waals surface area contributed by atoms with Crippen molar-refractivity contribution < 1.29 is 0 Å². The highest BCUT2D eigenvalue weighted by Crippen LogP contribution is 2.17. The van der Waals surface area contributed by atoms with Crippen LogP contribution in [0, 0.1) is 11.8 Å². The van der Waals surface area contributed by atoms with Gasteiger partial charge in [-0.05, 0) is 17.5 Å². The zero-order valence-corrected chi connectivity index (χ0v) is 6.20. The summed E-state index contributed by atoms with van der Waals surface area (Å²) in [5, 5.41) is 6.50. The quantitative estimate of drug-likeness (QED) is 0.547. The second-order valence-corrected chi connectivity index (χ2v) is 2.31. The molecule has 1 aliphatic rings. The molecule has 1 aromatic carbocycles. The van der Waals surface area contributed by atoms with Crippen molar-refractivity contribution in [1.82, 2.24) is 0 Å². The minimum absolute atomic E-state index is 1.12. The molecule has 0 atom stereocenters. The van der Waals surface area contributed by atoms with Crippen molar-refractivity contribution in [1.29, 1.82) is 5.26 Å². The van der Waals surface area contributed by atoms with Crippen molar-refractivity contribution in [2.75, 3.05) is 0 Å². The number of allylic oxidation sites excluding steroid dienone is 1. The van der Waals surface area contributed by atoms with Crippen LogP contribution in [-0.2, 0) is 6.42 Å². The predicted molar refractivity (Wildman–Crippen MR) is 45.9 cm³/mol. The minimum Gasteiger partial charge on any atom is -0.202 e. The summed E-state index contributed by atoms with van der Waals surface area (Å²) in [4.78, 5) is 0. The molecule has 11 heavy (non-hydrogen) atoms. The molecule has 1 heteroatoms. The lowest BCUT2D eigenvalue weighted by molar-refractivity contribution is 1.31. The van der Waals surface area contributed by atoms with Gasteiger partial charge in [0.05, 0.1) is 0 Å². The molecule has 0 aliphatic heterocycles. The molecule has 0 fully saturated rings. The Bertz CT molecular complexity index is 284. The maximum atomic E-state index is 6.50. The smallest absolute Gasteiger partial charge is 0.0462 e. The number of fused-ring (bicyclic) bond motifs is 1. The molecule has 0 unspecified atom stereocenters. The van der Waals surface area contributed by atoms with E-state index in [-0.39, 0.29) is 0 Å². The summed E-state index contributed by atoms with van der Waals surface area (Å²) in [6.45, 7) is 3.50. The molecule has 0 saturated heterocycles. The van der Waals surface area contributed by atoms with Crippen LogP contribution in [-0.4, -0.2) is 0 Å². The molecule has 0 amide bonds. The van der Waals surface area contributed by atoms with Gasteiger partial charge in [0.25, 0.3) is 0 Å². The monoisotopic (exact) mass is 143 g/mol. The fourth-order valence-electron chi connectivity index (χ4n) is 1.20. The molecule has 0 radical (unpaired) electrons. The van der Waals surface area contributed by atoms with E-state index in [2.05, 4.69) is 43.0 Å². The van der Waals surface area contributed by atoms with E-state index in [9.17, 15) is 0 Å². The van der Waals surface area contributed by atoms with Crippen molar-refractivity contribution in [3.05, 3.63) is 41.5 Å². The number of nitriles is 1. The van der Waals surface area contributed by atoms with Gasteiger partial charge in [-0.1, -0.05) is 36.4 Å².